The summed E-state index contributed by atoms with van der Waals surface area (Å²) < 4.78 is 6.56. The number of ether oxygens (including phenoxy) is 1. The van der Waals surface area contributed by atoms with Gasteiger partial charge < -0.3 is 4.74 Å². The van der Waals surface area contributed by atoms with E-state index >= 15 is 0 Å². The van der Waals surface area contributed by atoms with Gasteiger partial charge in [-0.05, 0) is 36.2 Å². The lowest BCUT2D eigenvalue weighted by molar-refractivity contribution is 0.0953. The number of rotatable bonds is 5. The fourth-order valence-electron chi connectivity index (χ4n) is 1.87. The molecular formula is C16H17BrN2O2. The van der Waals surface area contributed by atoms with E-state index in [1.165, 1.54) is 5.56 Å². The molecule has 0 aliphatic heterocycles. The number of halogens is 1. The number of amides is 1. The van der Waals surface area contributed by atoms with Crippen LogP contribution in [0.1, 0.15) is 28.4 Å². The molecule has 2 rings (SSSR count). The van der Waals surface area contributed by atoms with E-state index in [4.69, 9.17) is 10.6 Å². The second-order valence-corrected chi connectivity index (χ2v) is 5.42. The summed E-state index contributed by atoms with van der Waals surface area (Å²) in [5, 5.41) is 0. The fraction of sp³-hybridized carbons (Fsp3) is 0.188. The number of hydrogen-bond acceptors (Lipinski definition) is 3. The molecule has 0 aromatic heterocycles. The number of hydrogen-bond donors (Lipinski definition) is 2. The minimum Gasteiger partial charge on any atom is -0.489 e. The lowest BCUT2D eigenvalue weighted by Crippen LogP contribution is -2.29. The third kappa shape index (κ3) is 4.06. The quantitative estimate of drug-likeness (QED) is 0.495. The van der Waals surface area contributed by atoms with Crippen molar-refractivity contribution in [2.24, 2.45) is 5.84 Å². The fourth-order valence-corrected chi connectivity index (χ4v) is 2.36. The molecule has 0 fully saturated rings. The maximum Gasteiger partial charge on any atom is 0.265 e. The smallest absolute Gasteiger partial charge is 0.265 e. The topological polar surface area (TPSA) is 64.3 Å². The third-order valence-corrected chi connectivity index (χ3v) is 3.91. The van der Waals surface area contributed by atoms with Gasteiger partial charge in [0.1, 0.15) is 12.4 Å². The highest BCUT2D eigenvalue weighted by atomic mass is 79.9. The molecular weight excluding hydrogens is 332 g/mol. The van der Waals surface area contributed by atoms with Crippen molar-refractivity contribution >= 4 is 21.8 Å². The van der Waals surface area contributed by atoms with Gasteiger partial charge in [-0.15, -0.1) is 0 Å². The first-order valence-electron chi connectivity index (χ1n) is 6.65. The number of aryl methyl sites for hydroxylation is 1. The van der Waals surface area contributed by atoms with Gasteiger partial charge in [0.25, 0.3) is 5.91 Å². The van der Waals surface area contributed by atoms with E-state index in [1.54, 1.807) is 12.1 Å². The summed E-state index contributed by atoms with van der Waals surface area (Å²) in [7, 11) is 0. The van der Waals surface area contributed by atoms with Crippen LogP contribution in [-0.4, -0.2) is 5.91 Å². The molecule has 0 unspecified atom stereocenters. The normalized spacial score (nSPS) is 10.2. The Morgan fingerprint density at radius 2 is 1.95 bits per heavy atom. The van der Waals surface area contributed by atoms with Gasteiger partial charge in [0.05, 0.1) is 0 Å². The molecule has 1 amide bonds. The Bertz CT molecular complexity index is 627. The Balaban J connectivity index is 2.04. The molecule has 2 aromatic carbocycles. The second kappa shape index (κ2) is 7.24. The van der Waals surface area contributed by atoms with E-state index < -0.39 is 0 Å². The monoisotopic (exact) mass is 348 g/mol. The maximum atomic E-state index is 11.4. The minimum atomic E-state index is -0.321. The van der Waals surface area contributed by atoms with E-state index in [9.17, 15) is 4.79 Å². The molecule has 0 aliphatic carbocycles. The van der Waals surface area contributed by atoms with Crippen LogP contribution in [0, 0.1) is 0 Å². The lowest BCUT2D eigenvalue weighted by Gasteiger charge is -2.09. The molecule has 0 aliphatic rings. The first-order chi connectivity index (χ1) is 10.1. The number of hydrazine groups is 1. The maximum absolute atomic E-state index is 11.4. The molecule has 3 N–H and O–H groups in total. The summed E-state index contributed by atoms with van der Waals surface area (Å²) in [5.74, 6) is 5.61. The number of nitrogens with one attached hydrogen (secondary N) is 1. The van der Waals surface area contributed by atoms with Crippen LogP contribution in [-0.2, 0) is 13.0 Å². The minimum absolute atomic E-state index is 0.321. The van der Waals surface area contributed by atoms with E-state index in [2.05, 4.69) is 40.4 Å². The molecule has 5 heteroatoms. The van der Waals surface area contributed by atoms with E-state index in [1.807, 2.05) is 18.2 Å². The first-order valence-corrected chi connectivity index (χ1v) is 7.44. The summed E-state index contributed by atoms with van der Waals surface area (Å²) in [6.45, 7) is 2.54. The Morgan fingerprint density at radius 3 is 2.52 bits per heavy atom. The van der Waals surface area contributed by atoms with E-state index in [0.717, 1.165) is 22.2 Å². The summed E-state index contributed by atoms with van der Waals surface area (Å²) in [5.41, 5.74) is 4.85. The van der Waals surface area contributed by atoms with Crippen molar-refractivity contribution in [2.75, 3.05) is 0 Å². The Kier molecular flexibility index (Phi) is 5.36. The van der Waals surface area contributed by atoms with Gasteiger partial charge in [-0.2, -0.15) is 0 Å². The van der Waals surface area contributed by atoms with Gasteiger partial charge >= 0.3 is 0 Å². The predicted octanol–water partition coefficient (Wildman–Crippen LogP) is 3.19. The van der Waals surface area contributed by atoms with Crippen LogP contribution in [0.2, 0.25) is 0 Å². The Hall–Kier alpha value is -1.85. The average Bonchev–Trinajstić information content (AvgIpc) is 2.53. The van der Waals surface area contributed by atoms with Crippen molar-refractivity contribution in [3.8, 4) is 5.75 Å². The molecule has 0 spiro atoms. The van der Waals surface area contributed by atoms with Crippen LogP contribution in [0.15, 0.2) is 46.9 Å². The molecule has 4 nitrogen and oxygen atoms in total. The molecule has 0 atom stereocenters. The van der Waals surface area contributed by atoms with Gasteiger partial charge in [-0.25, -0.2) is 5.84 Å². The Labute approximate surface area is 132 Å². The zero-order valence-electron chi connectivity index (χ0n) is 11.7. The highest BCUT2D eigenvalue weighted by Gasteiger charge is 2.07. The SMILES string of the molecule is CCc1ccc(OCc2ccc(C(=O)NN)cc2Br)cc1. The number of nitrogens with two attached hydrogens (primary N) is 1. The van der Waals surface area contributed by atoms with Crippen LogP contribution in [0.4, 0.5) is 0 Å². The van der Waals surface area contributed by atoms with E-state index in [-0.39, 0.29) is 5.91 Å². The van der Waals surface area contributed by atoms with Gasteiger partial charge in [0.15, 0.2) is 0 Å². The average molecular weight is 349 g/mol. The van der Waals surface area contributed by atoms with Crippen LogP contribution in [0.3, 0.4) is 0 Å². The second-order valence-electron chi connectivity index (χ2n) is 4.57. The summed E-state index contributed by atoms with van der Waals surface area (Å²) in [6, 6.07) is 13.3. The first kappa shape index (κ1) is 15.5. The van der Waals surface area contributed by atoms with Crippen molar-refractivity contribution in [3.05, 3.63) is 63.6 Å². The number of nitrogen functional groups attached to an aromatic ring is 1. The van der Waals surface area contributed by atoms with Crippen molar-refractivity contribution < 1.29 is 9.53 Å². The summed E-state index contributed by atoms with van der Waals surface area (Å²) in [4.78, 5) is 11.4. The molecule has 110 valence electrons. The van der Waals surface area contributed by atoms with Crippen molar-refractivity contribution in [1.82, 2.24) is 5.43 Å². The van der Waals surface area contributed by atoms with Crippen LogP contribution < -0.4 is 16.0 Å². The van der Waals surface area contributed by atoms with Gasteiger partial charge in [-0.1, -0.05) is 41.1 Å². The zero-order valence-corrected chi connectivity index (χ0v) is 13.3. The highest BCUT2D eigenvalue weighted by Crippen LogP contribution is 2.21. The van der Waals surface area contributed by atoms with Crippen LogP contribution >= 0.6 is 15.9 Å². The molecule has 0 radical (unpaired) electrons. The largest absolute Gasteiger partial charge is 0.489 e. The molecule has 0 bridgehead atoms. The molecule has 0 saturated heterocycles. The van der Waals surface area contributed by atoms with Crippen molar-refractivity contribution in [1.29, 1.82) is 0 Å². The van der Waals surface area contributed by atoms with Crippen LogP contribution in [0.5, 0.6) is 5.75 Å². The van der Waals surface area contributed by atoms with Crippen molar-refractivity contribution in [2.45, 2.75) is 20.0 Å². The van der Waals surface area contributed by atoms with Crippen molar-refractivity contribution in [3.63, 3.8) is 0 Å². The zero-order chi connectivity index (χ0) is 15.2. The van der Waals surface area contributed by atoms with Gasteiger partial charge in [0, 0.05) is 15.6 Å². The third-order valence-electron chi connectivity index (χ3n) is 3.17. The number of benzene rings is 2. The molecule has 0 heterocycles. The van der Waals surface area contributed by atoms with Gasteiger partial charge in [-0.3, -0.25) is 10.2 Å². The van der Waals surface area contributed by atoms with Crippen LogP contribution in [0.25, 0.3) is 0 Å². The molecule has 2 aromatic rings. The molecule has 0 saturated carbocycles. The highest BCUT2D eigenvalue weighted by molar-refractivity contribution is 9.10. The predicted molar refractivity (Wildman–Crippen MR) is 85.9 cm³/mol. The lowest BCUT2D eigenvalue weighted by atomic mass is 10.1. The molecule has 21 heavy (non-hydrogen) atoms. The standard InChI is InChI=1S/C16H17BrN2O2/c1-2-11-3-7-14(8-4-11)21-10-13-6-5-12(9-15(13)17)16(20)19-18/h3-9H,2,10,18H2,1H3,(H,19,20). The summed E-state index contributed by atoms with van der Waals surface area (Å²) in [6.07, 6.45) is 1.01. The van der Waals surface area contributed by atoms with E-state index in [0.29, 0.717) is 12.2 Å². The number of carbonyl (C=O) groups excluding carboxylic acids is 1. The van der Waals surface area contributed by atoms with Gasteiger partial charge in [0.2, 0.25) is 0 Å². The Morgan fingerprint density at radius 1 is 1.24 bits per heavy atom. The number of carbonyl (C=O) groups is 1. The summed E-state index contributed by atoms with van der Waals surface area (Å²) >= 11 is 3.44.